The molecule has 1 rings (SSSR count). The zero-order valence-electron chi connectivity index (χ0n) is 11.2. The Balaban J connectivity index is 2.62. The Bertz CT molecular complexity index is 409. The van der Waals surface area contributed by atoms with Crippen molar-refractivity contribution in [3.8, 4) is 6.07 Å². The fourth-order valence-electron chi connectivity index (χ4n) is 1.98. The molecule has 0 saturated carbocycles. The summed E-state index contributed by atoms with van der Waals surface area (Å²) in [5.41, 5.74) is 1.39. The van der Waals surface area contributed by atoms with Crippen molar-refractivity contribution in [3.63, 3.8) is 0 Å². The van der Waals surface area contributed by atoms with Gasteiger partial charge in [0.1, 0.15) is 6.07 Å². The Labute approximate surface area is 115 Å². The van der Waals surface area contributed by atoms with Gasteiger partial charge in [0, 0.05) is 6.54 Å². The molecule has 0 radical (unpaired) electrons. The molecule has 1 aromatic rings. The number of benzene rings is 1. The molecule has 18 heavy (non-hydrogen) atoms. The standard InChI is InChI=1S/C15H21ClN2/c1-3-5-7-12(4-2)11-18-15-9-6-8-14(16)13(15)10-17/h6,8-9,12,18H,3-5,7,11H2,1-2H3. The number of hydrogen-bond donors (Lipinski definition) is 1. The minimum Gasteiger partial charge on any atom is -0.384 e. The van der Waals surface area contributed by atoms with Gasteiger partial charge in [0.25, 0.3) is 0 Å². The molecule has 0 amide bonds. The van der Waals surface area contributed by atoms with E-state index in [1.807, 2.05) is 12.1 Å². The highest BCUT2D eigenvalue weighted by atomic mass is 35.5. The average Bonchev–Trinajstić information content (AvgIpc) is 2.39. The third-order valence-electron chi connectivity index (χ3n) is 3.25. The molecule has 1 unspecified atom stereocenters. The Kier molecular flexibility index (Phi) is 6.60. The summed E-state index contributed by atoms with van der Waals surface area (Å²) in [4.78, 5) is 0. The monoisotopic (exact) mass is 264 g/mol. The van der Waals surface area contributed by atoms with E-state index in [2.05, 4.69) is 25.2 Å². The number of nitriles is 1. The maximum Gasteiger partial charge on any atom is 0.103 e. The molecule has 0 aromatic heterocycles. The van der Waals surface area contributed by atoms with Crippen molar-refractivity contribution < 1.29 is 0 Å². The van der Waals surface area contributed by atoms with Gasteiger partial charge in [-0.05, 0) is 24.5 Å². The smallest absolute Gasteiger partial charge is 0.103 e. The second-order valence-electron chi connectivity index (χ2n) is 4.57. The van der Waals surface area contributed by atoms with Crippen LogP contribution in [-0.2, 0) is 0 Å². The molecule has 3 heteroatoms. The molecular formula is C15H21ClN2. The molecular weight excluding hydrogens is 244 g/mol. The van der Waals surface area contributed by atoms with E-state index in [0.717, 1.165) is 18.7 Å². The molecule has 0 aliphatic heterocycles. The van der Waals surface area contributed by atoms with Crippen LogP contribution >= 0.6 is 11.6 Å². The highest BCUT2D eigenvalue weighted by Gasteiger charge is 2.09. The minimum atomic E-state index is 0.518. The summed E-state index contributed by atoms with van der Waals surface area (Å²) < 4.78 is 0. The van der Waals surface area contributed by atoms with Gasteiger partial charge < -0.3 is 5.32 Å². The van der Waals surface area contributed by atoms with E-state index in [0.29, 0.717) is 16.5 Å². The molecule has 0 aliphatic rings. The predicted molar refractivity (Wildman–Crippen MR) is 78.0 cm³/mol. The Morgan fingerprint density at radius 2 is 2.17 bits per heavy atom. The van der Waals surface area contributed by atoms with Gasteiger partial charge in [-0.1, -0.05) is 50.8 Å². The maximum atomic E-state index is 9.09. The van der Waals surface area contributed by atoms with Crippen molar-refractivity contribution in [2.75, 3.05) is 11.9 Å². The lowest BCUT2D eigenvalue weighted by atomic mass is 9.99. The summed E-state index contributed by atoms with van der Waals surface area (Å²) in [5, 5.41) is 13.0. The zero-order chi connectivity index (χ0) is 13.4. The first-order valence-corrected chi connectivity index (χ1v) is 7.03. The van der Waals surface area contributed by atoms with Gasteiger partial charge in [-0.3, -0.25) is 0 Å². The van der Waals surface area contributed by atoms with Crippen LogP contribution in [0.5, 0.6) is 0 Å². The Morgan fingerprint density at radius 1 is 1.39 bits per heavy atom. The number of anilines is 1. The lowest BCUT2D eigenvalue weighted by molar-refractivity contribution is 0.473. The van der Waals surface area contributed by atoms with E-state index in [9.17, 15) is 0 Å². The van der Waals surface area contributed by atoms with Crippen molar-refractivity contribution in [2.24, 2.45) is 5.92 Å². The Morgan fingerprint density at radius 3 is 2.78 bits per heavy atom. The first-order chi connectivity index (χ1) is 8.72. The van der Waals surface area contributed by atoms with Gasteiger partial charge in [0.05, 0.1) is 16.3 Å². The van der Waals surface area contributed by atoms with Crippen molar-refractivity contribution in [1.82, 2.24) is 0 Å². The molecule has 1 aromatic carbocycles. The summed E-state index contributed by atoms with van der Waals surface area (Å²) in [6.45, 7) is 5.33. The largest absolute Gasteiger partial charge is 0.384 e. The van der Waals surface area contributed by atoms with Crippen LogP contribution in [0.3, 0.4) is 0 Å². The van der Waals surface area contributed by atoms with E-state index in [1.165, 1.54) is 19.3 Å². The lowest BCUT2D eigenvalue weighted by Gasteiger charge is -2.17. The number of nitrogens with one attached hydrogen (secondary N) is 1. The molecule has 2 nitrogen and oxygen atoms in total. The molecule has 0 fully saturated rings. The number of rotatable bonds is 7. The van der Waals surface area contributed by atoms with E-state index < -0.39 is 0 Å². The van der Waals surface area contributed by atoms with Crippen molar-refractivity contribution >= 4 is 17.3 Å². The highest BCUT2D eigenvalue weighted by Crippen LogP contribution is 2.24. The topological polar surface area (TPSA) is 35.8 Å². The average molecular weight is 265 g/mol. The maximum absolute atomic E-state index is 9.09. The first-order valence-electron chi connectivity index (χ1n) is 6.65. The van der Waals surface area contributed by atoms with Crippen LogP contribution < -0.4 is 5.32 Å². The van der Waals surface area contributed by atoms with Crippen LogP contribution in [0.2, 0.25) is 5.02 Å². The second-order valence-corrected chi connectivity index (χ2v) is 4.98. The number of nitrogens with zero attached hydrogens (tertiary/aromatic N) is 1. The quantitative estimate of drug-likeness (QED) is 0.765. The third kappa shape index (κ3) is 4.23. The molecule has 0 heterocycles. The van der Waals surface area contributed by atoms with Crippen LogP contribution in [0.15, 0.2) is 18.2 Å². The van der Waals surface area contributed by atoms with E-state index in [1.54, 1.807) is 6.07 Å². The molecule has 1 atom stereocenters. The van der Waals surface area contributed by atoms with Gasteiger partial charge in [-0.15, -0.1) is 0 Å². The minimum absolute atomic E-state index is 0.518. The third-order valence-corrected chi connectivity index (χ3v) is 3.56. The molecule has 1 N–H and O–H groups in total. The molecule has 98 valence electrons. The number of halogens is 1. The van der Waals surface area contributed by atoms with Crippen molar-refractivity contribution in [3.05, 3.63) is 28.8 Å². The van der Waals surface area contributed by atoms with E-state index >= 15 is 0 Å². The summed E-state index contributed by atoms with van der Waals surface area (Å²) in [7, 11) is 0. The van der Waals surface area contributed by atoms with Crippen LogP contribution in [0.25, 0.3) is 0 Å². The molecule has 0 aliphatic carbocycles. The molecule has 0 saturated heterocycles. The van der Waals surface area contributed by atoms with Crippen LogP contribution in [-0.4, -0.2) is 6.54 Å². The second kappa shape index (κ2) is 8.00. The summed E-state index contributed by atoms with van der Waals surface area (Å²) in [6, 6.07) is 7.69. The van der Waals surface area contributed by atoms with E-state index in [4.69, 9.17) is 16.9 Å². The van der Waals surface area contributed by atoms with Gasteiger partial charge in [-0.2, -0.15) is 5.26 Å². The van der Waals surface area contributed by atoms with Crippen molar-refractivity contribution in [2.45, 2.75) is 39.5 Å². The summed E-state index contributed by atoms with van der Waals surface area (Å²) in [5.74, 6) is 0.662. The van der Waals surface area contributed by atoms with Crippen LogP contribution in [0.4, 0.5) is 5.69 Å². The summed E-state index contributed by atoms with van der Waals surface area (Å²) in [6.07, 6.45) is 4.90. The zero-order valence-corrected chi connectivity index (χ0v) is 11.9. The van der Waals surface area contributed by atoms with Crippen LogP contribution in [0.1, 0.15) is 45.1 Å². The lowest BCUT2D eigenvalue weighted by Crippen LogP contribution is -2.14. The normalized spacial score (nSPS) is 11.9. The van der Waals surface area contributed by atoms with Crippen LogP contribution in [0, 0.1) is 17.2 Å². The van der Waals surface area contributed by atoms with Gasteiger partial charge >= 0.3 is 0 Å². The van der Waals surface area contributed by atoms with E-state index in [-0.39, 0.29) is 0 Å². The summed E-state index contributed by atoms with van der Waals surface area (Å²) >= 11 is 6.00. The van der Waals surface area contributed by atoms with Crippen molar-refractivity contribution in [1.29, 1.82) is 5.26 Å². The first kappa shape index (κ1) is 14.9. The SMILES string of the molecule is CCCCC(CC)CNc1cccc(Cl)c1C#N. The molecule has 0 bridgehead atoms. The van der Waals surface area contributed by atoms with Gasteiger partial charge in [0.2, 0.25) is 0 Å². The van der Waals surface area contributed by atoms with Gasteiger partial charge in [0.15, 0.2) is 0 Å². The molecule has 0 spiro atoms. The predicted octanol–water partition coefficient (Wildman–Crippen LogP) is 4.84. The number of unbranched alkanes of at least 4 members (excludes halogenated alkanes) is 1. The van der Waals surface area contributed by atoms with Gasteiger partial charge in [-0.25, -0.2) is 0 Å². The fraction of sp³-hybridized carbons (Fsp3) is 0.533. The highest BCUT2D eigenvalue weighted by molar-refractivity contribution is 6.32. The Hall–Kier alpha value is -1.20. The number of hydrogen-bond acceptors (Lipinski definition) is 2. The fourth-order valence-corrected chi connectivity index (χ4v) is 2.20.